The first-order valence-electron chi connectivity index (χ1n) is 13.1. The summed E-state index contributed by atoms with van der Waals surface area (Å²) in [6.45, 7) is 4.14. The molecule has 2 unspecified atom stereocenters. The minimum absolute atomic E-state index is 0.0207. The van der Waals surface area contributed by atoms with Gasteiger partial charge in [0.25, 0.3) is 0 Å². The number of ether oxygens (including phenoxy) is 1. The van der Waals surface area contributed by atoms with Gasteiger partial charge in [-0.05, 0) is 71.8 Å². The van der Waals surface area contributed by atoms with E-state index in [1.807, 2.05) is 42.5 Å². The summed E-state index contributed by atoms with van der Waals surface area (Å²) < 4.78 is 5.15. The number of anilines is 1. The van der Waals surface area contributed by atoms with Crippen molar-refractivity contribution >= 4 is 23.5 Å². The maximum Gasteiger partial charge on any atom is 0.305 e. The van der Waals surface area contributed by atoms with Crippen LogP contribution in [0.15, 0.2) is 66.7 Å². The molecule has 2 amide bonds. The van der Waals surface area contributed by atoms with Crippen LogP contribution >= 0.6 is 0 Å². The van der Waals surface area contributed by atoms with E-state index in [0.29, 0.717) is 38.1 Å². The molecule has 3 aromatic rings. The van der Waals surface area contributed by atoms with Crippen molar-refractivity contribution in [2.45, 2.75) is 51.0 Å². The largest absolute Gasteiger partial charge is 0.508 e. The van der Waals surface area contributed by atoms with E-state index in [0.717, 1.165) is 22.3 Å². The lowest BCUT2D eigenvalue weighted by atomic mass is 9.90. The van der Waals surface area contributed by atoms with Crippen LogP contribution in [0.5, 0.6) is 5.75 Å². The molecule has 1 heterocycles. The Morgan fingerprint density at radius 3 is 2.47 bits per heavy atom. The fourth-order valence-corrected chi connectivity index (χ4v) is 5.95. The number of rotatable bonds is 7. The molecule has 0 bridgehead atoms. The summed E-state index contributed by atoms with van der Waals surface area (Å²) in [7, 11) is 0. The van der Waals surface area contributed by atoms with Crippen LogP contribution in [0, 0.1) is 0 Å². The molecule has 196 valence electrons. The average Bonchev–Trinajstić information content (AvgIpc) is 3.48. The predicted molar refractivity (Wildman–Crippen MR) is 145 cm³/mol. The van der Waals surface area contributed by atoms with E-state index in [4.69, 9.17) is 4.74 Å². The van der Waals surface area contributed by atoms with E-state index in [1.54, 1.807) is 24.0 Å². The molecular weight excluding hydrogens is 480 g/mol. The van der Waals surface area contributed by atoms with Crippen LogP contribution in [0.1, 0.15) is 61.6 Å². The first kappa shape index (κ1) is 25.5. The van der Waals surface area contributed by atoms with Crippen molar-refractivity contribution in [3.8, 4) is 16.9 Å². The second kappa shape index (κ2) is 10.7. The fourth-order valence-electron chi connectivity index (χ4n) is 5.95. The van der Waals surface area contributed by atoms with Gasteiger partial charge >= 0.3 is 5.97 Å². The van der Waals surface area contributed by atoms with Crippen LogP contribution in [0.4, 0.5) is 5.69 Å². The number of benzene rings is 3. The number of carbonyl (C=O) groups is 3. The van der Waals surface area contributed by atoms with Gasteiger partial charge in [0.1, 0.15) is 11.8 Å². The number of amides is 2. The van der Waals surface area contributed by atoms with Crippen molar-refractivity contribution < 1.29 is 24.2 Å². The number of esters is 1. The zero-order valence-corrected chi connectivity index (χ0v) is 21.6. The van der Waals surface area contributed by atoms with Crippen molar-refractivity contribution in [1.82, 2.24) is 4.90 Å². The molecule has 7 heteroatoms. The van der Waals surface area contributed by atoms with Gasteiger partial charge in [-0.25, -0.2) is 0 Å². The number of hydrogen-bond acceptors (Lipinski definition) is 5. The summed E-state index contributed by atoms with van der Waals surface area (Å²) in [5.74, 6) is -0.589. The van der Waals surface area contributed by atoms with Gasteiger partial charge in [-0.15, -0.1) is 0 Å². The molecule has 0 spiro atoms. The second-order valence-electron chi connectivity index (χ2n) is 9.92. The van der Waals surface area contributed by atoms with Crippen LogP contribution < -0.4 is 5.32 Å². The molecule has 0 aromatic heterocycles. The molecule has 3 aromatic carbocycles. The van der Waals surface area contributed by atoms with Gasteiger partial charge in [0, 0.05) is 37.4 Å². The van der Waals surface area contributed by atoms with Gasteiger partial charge in [-0.1, -0.05) is 42.5 Å². The highest BCUT2D eigenvalue weighted by molar-refractivity contribution is 5.98. The Kier molecular flexibility index (Phi) is 7.18. The highest BCUT2D eigenvalue weighted by Gasteiger charge is 2.41. The van der Waals surface area contributed by atoms with Crippen molar-refractivity contribution in [2.24, 2.45) is 0 Å². The smallest absolute Gasteiger partial charge is 0.305 e. The Hall–Kier alpha value is -4.13. The molecule has 2 aliphatic rings. The number of hydrogen-bond donors (Lipinski definition) is 2. The molecule has 3 atom stereocenters. The Labute approximate surface area is 222 Å². The zero-order valence-electron chi connectivity index (χ0n) is 21.6. The lowest BCUT2D eigenvalue weighted by Gasteiger charge is -2.27. The van der Waals surface area contributed by atoms with E-state index >= 15 is 0 Å². The van der Waals surface area contributed by atoms with Crippen LogP contribution in [-0.2, 0) is 19.1 Å². The first-order chi connectivity index (χ1) is 18.4. The van der Waals surface area contributed by atoms with Gasteiger partial charge in [0.15, 0.2) is 0 Å². The Bertz CT molecular complexity index is 1370. The average molecular weight is 513 g/mol. The zero-order chi connectivity index (χ0) is 26.8. The number of carbonyl (C=O) groups excluding carboxylic acids is 3. The standard InChI is InChI=1S/C31H32N2O5/c1-3-38-29(36)15-14-27-25-7-5-4-6-24(25)26-13-10-21(18-28(26)27)32-31(37)30-23(16-17-33(30)19(2)34)20-8-11-22(35)12-9-20/h4-13,18,23,27,30,35H,3,14-17H2,1-2H3,(H,32,37)/t23?,27?,30-/m0/s1. The second-order valence-corrected chi connectivity index (χ2v) is 9.92. The quantitative estimate of drug-likeness (QED) is 0.425. The summed E-state index contributed by atoms with van der Waals surface area (Å²) >= 11 is 0. The fraction of sp³-hybridized carbons (Fsp3) is 0.323. The molecular formula is C31H32N2O5. The van der Waals surface area contributed by atoms with E-state index < -0.39 is 6.04 Å². The minimum Gasteiger partial charge on any atom is -0.508 e. The highest BCUT2D eigenvalue weighted by Crippen LogP contribution is 2.47. The summed E-state index contributed by atoms with van der Waals surface area (Å²) in [4.78, 5) is 39.8. The number of nitrogens with one attached hydrogen (secondary N) is 1. The molecule has 2 N–H and O–H groups in total. The molecule has 1 saturated heterocycles. The van der Waals surface area contributed by atoms with Gasteiger partial charge in [-0.3, -0.25) is 14.4 Å². The number of aromatic hydroxyl groups is 1. The third kappa shape index (κ3) is 4.88. The maximum atomic E-state index is 13.7. The van der Waals surface area contributed by atoms with Crippen molar-refractivity contribution in [2.75, 3.05) is 18.5 Å². The molecule has 1 fully saturated rings. The normalized spacial score (nSPS) is 19.5. The van der Waals surface area contributed by atoms with E-state index in [2.05, 4.69) is 17.4 Å². The van der Waals surface area contributed by atoms with Gasteiger partial charge in [0.2, 0.25) is 11.8 Å². The number of fused-ring (bicyclic) bond motifs is 3. The van der Waals surface area contributed by atoms with Gasteiger partial charge in [-0.2, -0.15) is 0 Å². The Morgan fingerprint density at radius 2 is 1.74 bits per heavy atom. The molecule has 38 heavy (non-hydrogen) atoms. The molecule has 7 nitrogen and oxygen atoms in total. The van der Waals surface area contributed by atoms with Gasteiger partial charge < -0.3 is 20.1 Å². The SMILES string of the molecule is CCOC(=O)CCC1c2ccccc2-c2ccc(NC(=O)[C@@H]3C(c4ccc(O)cc4)CCN3C(C)=O)cc21. The number of likely N-dealkylation sites (tertiary alicyclic amines) is 1. The lowest BCUT2D eigenvalue weighted by Crippen LogP contribution is -2.44. The molecule has 1 aliphatic carbocycles. The van der Waals surface area contributed by atoms with Crippen molar-refractivity contribution in [1.29, 1.82) is 0 Å². The third-order valence-electron chi connectivity index (χ3n) is 7.66. The Balaban J connectivity index is 1.41. The molecule has 0 saturated carbocycles. The van der Waals surface area contributed by atoms with E-state index in [1.165, 1.54) is 12.5 Å². The first-order valence-corrected chi connectivity index (χ1v) is 13.1. The molecule has 1 aliphatic heterocycles. The maximum absolute atomic E-state index is 13.7. The number of phenols is 1. The summed E-state index contributed by atoms with van der Waals surface area (Å²) in [6, 6.07) is 20.3. The van der Waals surface area contributed by atoms with Crippen LogP contribution in [-0.4, -0.2) is 47.0 Å². The van der Waals surface area contributed by atoms with Crippen molar-refractivity contribution in [3.05, 3.63) is 83.4 Å². The third-order valence-corrected chi connectivity index (χ3v) is 7.66. The lowest BCUT2D eigenvalue weighted by molar-refractivity contribution is -0.143. The number of nitrogens with zero attached hydrogens (tertiary/aromatic N) is 1. The van der Waals surface area contributed by atoms with Crippen LogP contribution in [0.2, 0.25) is 0 Å². The number of phenolic OH excluding ortho intramolecular Hbond substituents is 1. The summed E-state index contributed by atoms with van der Waals surface area (Å²) in [5.41, 5.74) is 6.04. The van der Waals surface area contributed by atoms with Gasteiger partial charge in [0.05, 0.1) is 6.61 Å². The minimum atomic E-state index is -0.651. The van der Waals surface area contributed by atoms with Crippen molar-refractivity contribution in [3.63, 3.8) is 0 Å². The molecule has 0 radical (unpaired) electrons. The monoisotopic (exact) mass is 512 g/mol. The van der Waals surface area contributed by atoms with E-state index in [9.17, 15) is 19.5 Å². The molecule has 5 rings (SSSR count). The highest BCUT2D eigenvalue weighted by atomic mass is 16.5. The summed E-state index contributed by atoms with van der Waals surface area (Å²) in [5, 5.41) is 12.8. The predicted octanol–water partition coefficient (Wildman–Crippen LogP) is 5.19. The van der Waals surface area contributed by atoms with Crippen LogP contribution in [0.25, 0.3) is 11.1 Å². The summed E-state index contributed by atoms with van der Waals surface area (Å²) in [6.07, 6.45) is 1.59. The van der Waals surface area contributed by atoms with Crippen LogP contribution in [0.3, 0.4) is 0 Å². The Morgan fingerprint density at radius 1 is 1.00 bits per heavy atom. The van der Waals surface area contributed by atoms with E-state index in [-0.39, 0.29) is 35.4 Å². The topological polar surface area (TPSA) is 95.9 Å².